The molecule has 0 fully saturated rings. The van der Waals surface area contributed by atoms with E-state index in [4.69, 9.17) is 5.11 Å². The molecule has 5 heteroatoms. The highest BCUT2D eigenvalue weighted by Crippen LogP contribution is 1.97. The van der Waals surface area contributed by atoms with E-state index < -0.39 is 5.97 Å². The van der Waals surface area contributed by atoms with Gasteiger partial charge in [0.05, 0.1) is 18.3 Å². The Kier molecular flexibility index (Phi) is 3.31. The predicted molar refractivity (Wildman–Crippen MR) is 45.2 cm³/mol. The minimum absolute atomic E-state index is 0.0504. The van der Waals surface area contributed by atoms with Gasteiger partial charge in [0, 0.05) is 6.42 Å². The third-order valence-corrected chi connectivity index (χ3v) is 1.58. The monoisotopic (exact) mass is 181 g/mol. The average molecular weight is 181 g/mol. The van der Waals surface area contributed by atoms with Crippen LogP contribution in [0.1, 0.15) is 24.9 Å². The maximum absolute atomic E-state index is 10.3. The molecule has 0 atom stereocenters. The Morgan fingerprint density at radius 2 is 2.38 bits per heavy atom. The molecule has 0 spiro atoms. The highest BCUT2D eigenvalue weighted by molar-refractivity contribution is 5.66. The van der Waals surface area contributed by atoms with Gasteiger partial charge in [-0.3, -0.25) is 4.79 Å². The fraction of sp³-hybridized carbons (Fsp3) is 0.500. The summed E-state index contributed by atoms with van der Waals surface area (Å²) in [6.45, 7) is 1.96. The summed E-state index contributed by atoms with van der Waals surface area (Å²) >= 11 is 0. The molecular formula is C8H11N3O2. The number of aromatic nitrogens is 3. The first-order chi connectivity index (χ1) is 6.22. The van der Waals surface area contributed by atoms with Crippen molar-refractivity contribution in [2.45, 2.75) is 26.2 Å². The van der Waals surface area contributed by atoms with E-state index in [1.54, 1.807) is 6.20 Å². The van der Waals surface area contributed by atoms with E-state index in [0.717, 1.165) is 12.1 Å². The summed E-state index contributed by atoms with van der Waals surface area (Å²) in [5.41, 5.74) is 0.843. The summed E-state index contributed by atoms with van der Waals surface area (Å²) in [5, 5.41) is 15.9. The van der Waals surface area contributed by atoms with E-state index in [1.165, 1.54) is 0 Å². The zero-order valence-electron chi connectivity index (χ0n) is 7.40. The molecule has 1 N–H and O–H groups in total. The standard InChI is InChI=1S/C8H11N3O2/c1-2-6-5-9-11-7(10-6)3-4-8(12)13/h5H,2-4H2,1H3,(H,12,13). The molecule has 1 aromatic heterocycles. The summed E-state index contributed by atoms with van der Waals surface area (Å²) in [6, 6.07) is 0. The van der Waals surface area contributed by atoms with Crippen molar-refractivity contribution < 1.29 is 9.90 Å². The highest BCUT2D eigenvalue weighted by Gasteiger charge is 2.02. The first kappa shape index (κ1) is 9.57. The lowest BCUT2D eigenvalue weighted by Gasteiger charge is -1.97. The third-order valence-electron chi connectivity index (χ3n) is 1.58. The molecule has 0 bridgehead atoms. The number of carboxylic acids is 1. The quantitative estimate of drug-likeness (QED) is 0.729. The number of hydrogen-bond acceptors (Lipinski definition) is 4. The molecule has 0 aliphatic carbocycles. The number of carbonyl (C=O) groups is 1. The summed E-state index contributed by atoms with van der Waals surface area (Å²) in [4.78, 5) is 14.4. The van der Waals surface area contributed by atoms with E-state index in [0.29, 0.717) is 12.2 Å². The lowest BCUT2D eigenvalue weighted by Crippen LogP contribution is -2.04. The predicted octanol–water partition coefficient (Wildman–Crippen LogP) is 0.451. The van der Waals surface area contributed by atoms with E-state index in [9.17, 15) is 4.79 Å². The molecule has 0 aromatic carbocycles. The molecule has 0 aliphatic heterocycles. The summed E-state index contributed by atoms with van der Waals surface area (Å²) in [5.74, 6) is -0.341. The van der Waals surface area contributed by atoms with Gasteiger partial charge in [-0.05, 0) is 6.42 Å². The van der Waals surface area contributed by atoms with Crippen molar-refractivity contribution in [2.24, 2.45) is 0 Å². The van der Waals surface area contributed by atoms with Crippen LogP contribution in [-0.4, -0.2) is 26.3 Å². The van der Waals surface area contributed by atoms with Crippen LogP contribution < -0.4 is 0 Å². The molecule has 0 saturated carbocycles. The Hall–Kier alpha value is -1.52. The summed E-state index contributed by atoms with van der Waals surface area (Å²) in [6.07, 6.45) is 2.77. The largest absolute Gasteiger partial charge is 0.481 e. The molecule has 13 heavy (non-hydrogen) atoms. The van der Waals surface area contributed by atoms with Gasteiger partial charge in [0.2, 0.25) is 0 Å². The molecule has 1 rings (SSSR count). The van der Waals surface area contributed by atoms with E-state index in [2.05, 4.69) is 15.2 Å². The topological polar surface area (TPSA) is 76.0 Å². The molecule has 0 unspecified atom stereocenters. The van der Waals surface area contributed by atoms with Gasteiger partial charge in [-0.15, -0.1) is 5.10 Å². The summed E-state index contributed by atoms with van der Waals surface area (Å²) in [7, 11) is 0. The molecule has 5 nitrogen and oxygen atoms in total. The smallest absolute Gasteiger partial charge is 0.303 e. The van der Waals surface area contributed by atoms with E-state index >= 15 is 0 Å². The number of rotatable bonds is 4. The van der Waals surface area contributed by atoms with Gasteiger partial charge in [-0.25, -0.2) is 4.98 Å². The second kappa shape index (κ2) is 4.49. The van der Waals surface area contributed by atoms with Crippen molar-refractivity contribution in [1.29, 1.82) is 0 Å². The van der Waals surface area contributed by atoms with Crippen LogP contribution in [0.5, 0.6) is 0 Å². The fourth-order valence-corrected chi connectivity index (χ4v) is 0.874. The fourth-order valence-electron chi connectivity index (χ4n) is 0.874. The Bertz CT molecular complexity index is 301. The van der Waals surface area contributed by atoms with Crippen molar-refractivity contribution in [1.82, 2.24) is 15.2 Å². The van der Waals surface area contributed by atoms with Crippen LogP contribution in [0.15, 0.2) is 6.20 Å². The molecule has 1 heterocycles. The van der Waals surface area contributed by atoms with Crippen molar-refractivity contribution in [3.8, 4) is 0 Å². The average Bonchev–Trinajstić information content (AvgIpc) is 2.15. The lowest BCUT2D eigenvalue weighted by atomic mass is 10.3. The summed E-state index contributed by atoms with van der Waals surface area (Å²) < 4.78 is 0. The minimum Gasteiger partial charge on any atom is -0.481 e. The van der Waals surface area contributed by atoms with Gasteiger partial charge in [-0.1, -0.05) is 6.92 Å². The Morgan fingerprint density at radius 3 is 3.00 bits per heavy atom. The number of hydrogen-bond donors (Lipinski definition) is 1. The van der Waals surface area contributed by atoms with Crippen LogP contribution in [0.4, 0.5) is 0 Å². The molecule has 0 saturated heterocycles. The second-order valence-corrected chi connectivity index (χ2v) is 2.61. The first-order valence-electron chi connectivity index (χ1n) is 4.11. The van der Waals surface area contributed by atoms with Gasteiger partial charge in [0.25, 0.3) is 0 Å². The van der Waals surface area contributed by atoms with Crippen LogP contribution in [-0.2, 0) is 17.6 Å². The van der Waals surface area contributed by atoms with Crippen LogP contribution in [0, 0.1) is 0 Å². The van der Waals surface area contributed by atoms with Crippen LogP contribution in [0.3, 0.4) is 0 Å². The van der Waals surface area contributed by atoms with E-state index in [1.807, 2.05) is 6.92 Å². The molecule has 0 radical (unpaired) electrons. The highest BCUT2D eigenvalue weighted by atomic mass is 16.4. The van der Waals surface area contributed by atoms with Gasteiger partial charge < -0.3 is 5.11 Å². The SMILES string of the molecule is CCc1cnnc(CCC(=O)O)n1. The maximum Gasteiger partial charge on any atom is 0.303 e. The Morgan fingerprint density at radius 1 is 1.62 bits per heavy atom. The third kappa shape index (κ3) is 3.14. The second-order valence-electron chi connectivity index (χ2n) is 2.61. The zero-order valence-corrected chi connectivity index (χ0v) is 7.40. The van der Waals surface area contributed by atoms with Crippen molar-refractivity contribution in [3.63, 3.8) is 0 Å². The van der Waals surface area contributed by atoms with Crippen molar-refractivity contribution in [2.75, 3.05) is 0 Å². The molecule has 0 aliphatic rings. The molecule has 0 amide bonds. The number of aryl methyl sites for hydroxylation is 2. The Labute approximate surface area is 75.8 Å². The molecule has 70 valence electrons. The van der Waals surface area contributed by atoms with Crippen LogP contribution >= 0.6 is 0 Å². The van der Waals surface area contributed by atoms with E-state index in [-0.39, 0.29) is 6.42 Å². The number of nitrogens with zero attached hydrogens (tertiary/aromatic N) is 3. The Balaban J connectivity index is 2.61. The normalized spacial score (nSPS) is 9.92. The van der Waals surface area contributed by atoms with Gasteiger partial charge in [0.15, 0.2) is 5.82 Å². The van der Waals surface area contributed by atoms with Crippen LogP contribution in [0.25, 0.3) is 0 Å². The number of aliphatic carboxylic acids is 1. The van der Waals surface area contributed by atoms with Gasteiger partial charge >= 0.3 is 5.97 Å². The zero-order chi connectivity index (χ0) is 9.68. The van der Waals surface area contributed by atoms with Crippen LogP contribution in [0.2, 0.25) is 0 Å². The lowest BCUT2D eigenvalue weighted by molar-refractivity contribution is -0.137. The maximum atomic E-state index is 10.3. The van der Waals surface area contributed by atoms with Crippen molar-refractivity contribution in [3.05, 3.63) is 17.7 Å². The van der Waals surface area contributed by atoms with Gasteiger partial charge in [0.1, 0.15) is 0 Å². The van der Waals surface area contributed by atoms with Crippen molar-refractivity contribution >= 4 is 5.97 Å². The molecular weight excluding hydrogens is 170 g/mol. The molecule has 1 aromatic rings. The van der Waals surface area contributed by atoms with Gasteiger partial charge in [-0.2, -0.15) is 5.10 Å². The first-order valence-corrected chi connectivity index (χ1v) is 4.11. The number of carboxylic acid groups (broad SMARTS) is 1. The minimum atomic E-state index is -0.842.